The van der Waals surface area contributed by atoms with Crippen LogP contribution in [0.1, 0.15) is 10.5 Å². The molecule has 0 fully saturated rings. The highest BCUT2D eigenvalue weighted by Gasteiger charge is 2.30. The lowest BCUT2D eigenvalue weighted by molar-refractivity contribution is -0.274. The first-order valence-corrected chi connectivity index (χ1v) is 6.90. The van der Waals surface area contributed by atoms with Crippen molar-refractivity contribution >= 4 is 11.6 Å². The minimum Gasteiger partial charge on any atom is -0.406 e. The smallest absolute Gasteiger partial charge is 0.406 e. The number of rotatable bonds is 4. The molecule has 0 saturated heterocycles. The molecule has 3 aromatic rings. The third-order valence-electron chi connectivity index (χ3n) is 3.00. The number of benzene rings is 1. The molecule has 1 aromatic carbocycles. The number of amides is 1. The van der Waals surface area contributed by atoms with Gasteiger partial charge in [0.2, 0.25) is 0 Å². The number of carbonyl (C=O) groups excluding carboxylic acids is 1. The Kier molecular flexibility index (Phi) is 4.33. The zero-order valence-corrected chi connectivity index (χ0v) is 12.4. The van der Waals surface area contributed by atoms with Crippen molar-refractivity contribution in [2.24, 2.45) is 0 Å². The third-order valence-corrected chi connectivity index (χ3v) is 3.00. The van der Waals surface area contributed by atoms with Crippen LogP contribution in [0.25, 0.3) is 5.82 Å². The molecule has 128 valence electrons. The summed E-state index contributed by atoms with van der Waals surface area (Å²) < 4.78 is 41.7. The van der Waals surface area contributed by atoms with Gasteiger partial charge >= 0.3 is 6.36 Å². The second-order valence-corrected chi connectivity index (χ2v) is 4.77. The minimum atomic E-state index is -4.77. The van der Waals surface area contributed by atoms with Gasteiger partial charge in [-0.1, -0.05) is 0 Å². The highest BCUT2D eigenvalue weighted by Crippen LogP contribution is 2.24. The number of nitrogens with zero attached hydrogens (tertiary/aromatic N) is 4. The standard InChI is InChI=1S/C15H10F3N5O2/c16-15(17,18)25-11-3-1-10(2-4-11)20-14(24)12-5-6-13(22-21-12)23-8-7-19-9-23/h1-9H,(H,20,24). The molecule has 0 atom stereocenters. The molecule has 0 unspecified atom stereocenters. The number of ether oxygens (including phenoxy) is 1. The van der Waals surface area contributed by atoms with Crippen molar-refractivity contribution < 1.29 is 22.7 Å². The Morgan fingerprint density at radius 1 is 1.08 bits per heavy atom. The zero-order chi connectivity index (χ0) is 17.9. The molecule has 25 heavy (non-hydrogen) atoms. The fourth-order valence-corrected chi connectivity index (χ4v) is 1.91. The maximum Gasteiger partial charge on any atom is 0.573 e. The fraction of sp³-hybridized carbons (Fsp3) is 0.0667. The van der Waals surface area contributed by atoms with Crippen molar-refractivity contribution in [1.29, 1.82) is 0 Å². The lowest BCUT2D eigenvalue weighted by Gasteiger charge is -2.09. The van der Waals surface area contributed by atoms with Gasteiger partial charge in [-0.3, -0.25) is 9.36 Å². The molecule has 0 saturated carbocycles. The summed E-state index contributed by atoms with van der Waals surface area (Å²) in [6.07, 6.45) is 0.0223. The summed E-state index contributed by atoms with van der Waals surface area (Å²) in [5.41, 5.74) is 0.347. The molecular weight excluding hydrogens is 339 g/mol. The molecule has 0 bridgehead atoms. The van der Waals surface area contributed by atoms with Crippen LogP contribution < -0.4 is 10.1 Å². The predicted octanol–water partition coefficient (Wildman–Crippen LogP) is 2.81. The van der Waals surface area contributed by atoms with Crippen LogP contribution in [0, 0.1) is 0 Å². The molecule has 1 amide bonds. The number of hydrogen-bond acceptors (Lipinski definition) is 5. The van der Waals surface area contributed by atoms with E-state index in [-0.39, 0.29) is 11.4 Å². The van der Waals surface area contributed by atoms with Crippen molar-refractivity contribution in [2.75, 3.05) is 5.32 Å². The molecule has 1 N–H and O–H groups in total. The van der Waals surface area contributed by atoms with Crippen molar-refractivity contribution in [3.05, 3.63) is 60.8 Å². The van der Waals surface area contributed by atoms with Crippen molar-refractivity contribution in [1.82, 2.24) is 19.7 Å². The first-order valence-electron chi connectivity index (χ1n) is 6.90. The molecule has 0 aliphatic rings. The average molecular weight is 349 g/mol. The van der Waals surface area contributed by atoms with E-state index in [1.807, 2.05) is 0 Å². The highest BCUT2D eigenvalue weighted by atomic mass is 19.4. The maximum absolute atomic E-state index is 12.1. The van der Waals surface area contributed by atoms with Crippen LogP contribution in [-0.2, 0) is 0 Å². The van der Waals surface area contributed by atoms with Crippen molar-refractivity contribution in [3.8, 4) is 11.6 Å². The number of anilines is 1. The van der Waals surface area contributed by atoms with E-state index in [9.17, 15) is 18.0 Å². The van der Waals surface area contributed by atoms with E-state index in [1.54, 1.807) is 23.0 Å². The second kappa shape index (κ2) is 6.59. The molecule has 2 aromatic heterocycles. The maximum atomic E-state index is 12.1. The normalized spacial score (nSPS) is 11.2. The van der Waals surface area contributed by atoms with Crippen LogP contribution in [0.15, 0.2) is 55.1 Å². The van der Waals surface area contributed by atoms with Crippen molar-refractivity contribution in [2.45, 2.75) is 6.36 Å². The summed E-state index contributed by atoms with van der Waals surface area (Å²) in [7, 11) is 0. The summed E-state index contributed by atoms with van der Waals surface area (Å²) in [6, 6.07) is 7.81. The Balaban J connectivity index is 1.66. The summed E-state index contributed by atoms with van der Waals surface area (Å²) in [5, 5.41) is 10.2. The number of aromatic nitrogens is 4. The van der Waals surface area contributed by atoms with Gasteiger partial charge in [0.15, 0.2) is 11.5 Å². The van der Waals surface area contributed by atoms with Gasteiger partial charge in [-0.05, 0) is 36.4 Å². The molecule has 0 radical (unpaired) electrons. The number of hydrogen-bond donors (Lipinski definition) is 1. The minimum absolute atomic E-state index is 0.0551. The van der Waals surface area contributed by atoms with Gasteiger partial charge in [0, 0.05) is 18.1 Å². The topological polar surface area (TPSA) is 81.9 Å². The molecule has 0 aliphatic heterocycles. The van der Waals surface area contributed by atoms with Crippen molar-refractivity contribution in [3.63, 3.8) is 0 Å². The monoisotopic (exact) mass is 349 g/mol. The molecular formula is C15H10F3N5O2. The Labute approximate surface area is 139 Å². The van der Waals surface area contributed by atoms with E-state index in [1.165, 1.54) is 24.5 Å². The largest absolute Gasteiger partial charge is 0.573 e. The molecule has 2 heterocycles. The first-order chi connectivity index (χ1) is 11.9. The number of nitrogens with one attached hydrogen (secondary N) is 1. The Bertz CT molecular complexity index is 846. The van der Waals surface area contributed by atoms with Crippen LogP contribution >= 0.6 is 0 Å². The summed E-state index contributed by atoms with van der Waals surface area (Å²) >= 11 is 0. The second-order valence-electron chi connectivity index (χ2n) is 4.77. The summed E-state index contributed by atoms with van der Waals surface area (Å²) in [5.74, 6) is -0.438. The fourth-order valence-electron chi connectivity index (χ4n) is 1.91. The Morgan fingerprint density at radius 3 is 2.40 bits per heavy atom. The predicted molar refractivity (Wildman–Crippen MR) is 80.2 cm³/mol. The Hall–Kier alpha value is -3.43. The van der Waals surface area contributed by atoms with Gasteiger partial charge in [-0.25, -0.2) is 4.98 Å². The van der Waals surface area contributed by atoms with E-state index >= 15 is 0 Å². The van der Waals surface area contributed by atoms with E-state index in [2.05, 4.69) is 25.2 Å². The summed E-state index contributed by atoms with van der Waals surface area (Å²) in [4.78, 5) is 16.0. The molecule has 0 spiro atoms. The Morgan fingerprint density at radius 2 is 1.84 bits per heavy atom. The zero-order valence-electron chi connectivity index (χ0n) is 12.4. The number of carbonyl (C=O) groups is 1. The van der Waals surface area contributed by atoms with E-state index in [0.717, 1.165) is 12.1 Å². The van der Waals surface area contributed by atoms with Gasteiger partial charge < -0.3 is 10.1 Å². The van der Waals surface area contributed by atoms with Gasteiger partial charge in [0.05, 0.1) is 0 Å². The van der Waals surface area contributed by atoms with E-state index in [0.29, 0.717) is 11.5 Å². The van der Waals surface area contributed by atoms with Gasteiger partial charge in [-0.15, -0.1) is 23.4 Å². The molecule has 3 rings (SSSR count). The quantitative estimate of drug-likeness (QED) is 0.783. The average Bonchev–Trinajstić information content (AvgIpc) is 3.10. The van der Waals surface area contributed by atoms with E-state index < -0.39 is 12.3 Å². The first kappa shape index (κ1) is 16.4. The molecule has 0 aliphatic carbocycles. The van der Waals surface area contributed by atoms with Crippen LogP contribution in [0.2, 0.25) is 0 Å². The number of alkyl halides is 3. The molecule has 7 nitrogen and oxygen atoms in total. The van der Waals surface area contributed by atoms with Crippen LogP contribution in [-0.4, -0.2) is 32.0 Å². The lowest BCUT2D eigenvalue weighted by atomic mass is 10.3. The number of halogens is 3. The van der Waals surface area contributed by atoms with E-state index in [4.69, 9.17) is 0 Å². The molecule has 10 heteroatoms. The van der Waals surface area contributed by atoms with Crippen LogP contribution in [0.4, 0.5) is 18.9 Å². The van der Waals surface area contributed by atoms with Gasteiger partial charge in [0.1, 0.15) is 12.1 Å². The van der Waals surface area contributed by atoms with Crippen LogP contribution in [0.5, 0.6) is 5.75 Å². The highest BCUT2D eigenvalue weighted by molar-refractivity contribution is 6.02. The third kappa shape index (κ3) is 4.31. The summed E-state index contributed by atoms with van der Waals surface area (Å²) in [6.45, 7) is 0. The van der Waals surface area contributed by atoms with Crippen LogP contribution in [0.3, 0.4) is 0 Å². The van der Waals surface area contributed by atoms with Gasteiger partial charge in [-0.2, -0.15) is 0 Å². The number of imidazole rings is 1. The van der Waals surface area contributed by atoms with Gasteiger partial charge in [0.25, 0.3) is 5.91 Å². The lowest BCUT2D eigenvalue weighted by Crippen LogP contribution is -2.17. The SMILES string of the molecule is O=C(Nc1ccc(OC(F)(F)F)cc1)c1ccc(-n2ccnc2)nn1.